The van der Waals surface area contributed by atoms with Gasteiger partial charge in [-0.3, -0.25) is 9.59 Å². The summed E-state index contributed by atoms with van der Waals surface area (Å²) in [4.78, 5) is 26.2. The molecule has 2 atom stereocenters. The third-order valence-corrected chi connectivity index (χ3v) is 3.85. The van der Waals surface area contributed by atoms with Crippen LogP contribution in [0.4, 0.5) is 0 Å². The summed E-state index contributed by atoms with van der Waals surface area (Å²) in [5.41, 5.74) is -0.288. The number of rotatable bonds is 6. The van der Waals surface area contributed by atoms with Gasteiger partial charge in [-0.15, -0.1) is 0 Å². The van der Waals surface area contributed by atoms with Crippen LogP contribution in [0.3, 0.4) is 0 Å². The van der Waals surface area contributed by atoms with E-state index in [2.05, 4.69) is 19.2 Å². The van der Waals surface area contributed by atoms with Crippen LogP contribution in [0, 0.1) is 11.3 Å². The van der Waals surface area contributed by atoms with Crippen LogP contribution in [0.15, 0.2) is 0 Å². The standard InChI is InChI=1S/C16H30N2O3/c1-11(2)7-9-21-10-8-18-12(3)14(19)17-13(15(18)20)16(4,5)6/h11-13H,7-10H2,1-6H3,(H,17,19). The van der Waals surface area contributed by atoms with Crippen LogP contribution in [0.1, 0.15) is 48.0 Å². The van der Waals surface area contributed by atoms with Gasteiger partial charge in [0.2, 0.25) is 11.8 Å². The number of carbonyl (C=O) groups excluding carboxylic acids is 2. The molecule has 2 unspecified atom stereocenters. The quantitative estimate of drug-likeness (QED) is 0.761. The molecule has 1 N–H and O–H groups in total. The lowest BCUT2D eigenvalue weighted by molar-refractivity contribution is -0.152. The van der Waals surface area contributed by atoms with E-state index in [-0.39, 0.29) is 17.2 Å². The molecular formula is C16H30N2O3. The summed E-state index contributed by atoms with van der Waals surface area (Å²) >= 11 is 0. The Balaban J connectivity index is 2.57. The average molecular weight is 298 g/mol. The molecule has 5 heteroatoms. The molecule has 2 amide bonds. The van der Waals surface area contributed by atoms with Gasteiger partial charge < -0.3 is 15.0 Å². The zero-order chi connectivity index (χ0) is 16.2. The van der Waals surface area contributed by atoms with Gasteiger partial charge in [0.1, 0.15) is 12.1 Å². The van der Waals surface area contributed by atoms with Gasteiger partial charge in [0, 0.05) is 13.2 Å². The predicted octanol–water partition coefficient (Wildman–Crippen LogP) is 1.81. The first kappa shape index (κ1) is 18.0. The topological polar surface area (TPSA) is 58.6 Å². The molecule has 1 saturated heterocycles. The predicted molar refractivity (Wildman–Crippen MR) is 82.8 cm³/mol. The van der Waals surface area contributed by atoms with Crippen molar-refractivity contribution < 1.29 is 14.3 Å². The third kappa shape index (κ3) is 4.99. The molecule has 1 aliphatic heterocycles. The van der Waals surface area contributed by atoms with Crippen molar-refractivity contribution in [2.45, 2.75) is 60.0 Å². The van der Waals surface area contributed by atoms with E-state index in [4.69, 9.17) is 4.74 Å². The maximum Gasteiger partial charge on any atom is 0.246 e. The summed E-state index contributed by atoms with van der Waals surface area (Å²) in [5, 5.41) is 2.83. The summed E-state index contributed by atoms with van der Waals surface area (Å²) in [6, 6.07) is -0.887. The first-order chi connectivity index (χ1) is 9.64. The molecule has 0 saturated carbocycles. The fourth-order valence-corrected chi connectivity index (χ4v) is 2.30. The van der Waals surface area contributed by atoms with Crippen LogP contribution in [0.5, 0.6) is 0 Å². The van der Waals surface area contributed by atoms with Crippen molar-refractivity contribution in [2.24, 2.45) is 11.3 Å². The highest BCUT2D eigenvalue weighted by atomic mass is 16.5. The number of hydrogen-bond donors (Lipinski definition) is 1. The number of carbonyl (C=O) groups is 2. The SMILES string of the molecule is CC(C)CCOCCN1C(=O)C(C(C)(C)C)NC(=O)C1C. The van der Waals surface area contributed by atoms with Crippen LogP contribution in [0.2, 0.25) is 0 Å². The lowest BCUT2D eigenvalue weighted by Crippen LogP contribution is -2.66. The minimum atomic E-state index is -0.461. The normalized spacial score (nSPS) is 23.7. The Morgan fingerprint density at radius 1 is 1.24 bits per heavy atom. The maximum absolute atomic E-state index is 12.6. The number of amides is 2. The molecule has 0 aromatic carbocycles. The van der Waals surface area contributed by atoms with Crippen molar-refractivity contribution in [3.8, 4) is 0 Å². The van der Waals surface area contributed by atoms with Crippen molar-refractivity contribution >= 4 is 11.8 Å². The Bertz CT molecular complexity index is 374. The minimum Gasteiger partial charge on any atom is -0.380 e. The summed E-state index contributed by atoms with van der Waals surface area (Å²) in [5.74, 6) is 0.510. The van der Waals surface area contributed by atoms with Gasteiger partial charge in [0.15, 0.2) is 0 Å². The van der Waals surface area contributed by atoms with E-state index in [0.717, 1.165) is 6.42 Å². The number of nitrogens with one attached hydrogen (secondary N) is 1. The van der Waals surface area contributed by atoms with Crippen LogP contribution < -0.4 is 5.32 Å². The molecule has 21 heavy (non-hydrogen) atoms. The Morgan fingerprint density at radius 2 is 1.86 bits per heavy atom. The van der Waals surface area contributed by atoms with Gasteiger partial charge in [-0.2, -0.15) is 0 Å². The summed E-state index contributed by atoms with van der Waals surface area (Å²) in [6.07, 6.45) is 1.01. The van der Waals surface area contributed by atoms with E-state index in [0.29, 0.717) is 25.7 Å². The third-order valence-electron chi connectivity index (χ3n) is 3.85. The highest BCUT2D eigenvalue weighted by Gasteiger charge is 2.43. The van der Waals surface area contributed by atoms with Gasteiger partial charge in [-0.25, -0.2) is 0 Å². The summed E-state index contributed by atoms with van der Waals surface area (Å²) < 4.78 is 5.57. The number of piperazine rings is 1. The number of nitrogens with zero attached hydrogens (tertiary/aromatic N) is 1. The Morgan fingerprint density at radius 3 is 2.38 bits per heavy atom. The first-order valence-electron chi connectivity index (χ1n) is 7.83. The van der Waals surface area contributed by atoms with E-state index in [1.807, 2.05) is 20.8 Å². The largest absolute Gasteiger partial charge is 0.380 e. The van der Waals surface area contributed by atoms with Gasteiger partial charge >= 0.3 is 0 Å². The smallest absolute Gasteiger partial charge is 0.246 e. The van der Waals surface area contributed by atoms with Gasteiger partial charge in [0.25, 0.3) is 0 Å². The Labute approximate surface area is 128 Å². The Kier molecular flexibility index (Phi) is 6.20. The molecule has 122 valence electrons. The maximum atomic E-state index is 12.6. The lowest BCUT2D eigenvalue weighted by atomic mass is 9.84. The Hall–Kier alpha value is -1.10. The molecule has 1 heterocycles. The lowest BCUT2D eigenvalue weighted by Gasteiger charge is -2.42. The highest BCUT2D eigenvalue weighted by molar-refractivity contribution is 5.97. The molecular weight excluding hydrogens is 268 g/mol. The number of ether oxygens (including phenoxy) is 1. The molecule has 0 aromatic rings. The molecule has 5 nitrogen and oxygen atoms in total. The van der Waals surface area contributed by atoms with E-state index >= 15 is 0 Å². The second kappa shape index (κ2) is 7.25. The zero-order valence-electron chi connectivity index (χ0n) is 14.2. The fourth-order valence-electron chi connectivity index (χ4n) is 2.30. The minimum absolute atomic E-state index is 0.0120. The molecule has 1 rings (SSSR count). The summed E-state index contributed by atoms with van der Waals surface area (Å²) in [7, 11) is 0. The number of hydrogen-bond acceptors (Lipinski definition) is 3. The van der Waals surface area contributed by atoms with Crippen LogP contribution >= 0.6 is 0 Å². The van der Waals surface area contributed by atoms with E-state index in [1.54, 1.807) is 11.8 Å². The van der Waals surface area contributed by atoms with E-state index in [9.17, 15) is 9.59 Å². The molecule has 1 fully saturated rings. The molecule has 1 aliphatic rings. The molecule has 0 bridgehead atoms. The van der Waals surface area contributed by atoms with E-state index in [1.165, 1.54) is 0 Å². The van der Waals surface area contributed by atoms with Crippen molar-refractivity contribution in [3.63, 3.8) is 0 Å². The van der Waals surface area contributed by atoms with Crippen LogP contribution in [-0.2, 0) is 14.3 Å². The van der Waals surface area contributed by atoms with Crippen molar-refractivity contribution in [1.29, 1.82) is 0 Å². The van der Waals surface area contributed by atoms with Crippen molar-refractivity contribution in [1.82, 2.24) is 10.2 Å². The molecule has 0 radical (unpaired) electrons. The molecule has 0 aromatic heterocycles. The van der Waals surface area contributed by atoms with Crippen LogP contribution in [-0.4, -0.2) is 48.6 Å². The molecule has 0 spiro atoms. The summed E-state index contributed by atoms with van der Waals surface area (Å²) in [6.45, 7) is 13.6. The second-order valence-corrected chi connectivity index (χ2v) is 7.31. The molecule has 0 aliphatic carbocycles. The monoisotopic (exact) mass is 298 g/mol. The fraction of sp³-hybridized carbons (Fsp3) is 0.875. The van der Waals surface area contributed by atoms with E-state index < -0.39 is 12.1 Å². The van der Waals surface area contributed by atoms with Gasteiger partial charge in [-0.1, -0.05) is 34.6 Å². The average Bonchev–Trinajstić information content (AvgIpc) is 2.35. The van der Waals surface area contributed by atoms with Gasteiger partial charge in [-0.05, 0) is 24.7 Å². The highest BCUT2D eigenvalue weighted by Crippen LogP contribution is 2.24. The second-order valence-electron chi connectivity index (χ2n) is 7.31. The van der Waals surface area contributed by atoms with Crippen molar-refractivity contribution in [2.75, 3.05) is 19.8 Å². The van der Waals surface area contributed by atoms with Crippen LogP contribution in [0.25, 0.3) is 0 Å². The van der Waals surface area contributed by atoms with Crippen molar-refractivity contribution in [3.05, 3.63) is 0 Å². The zero-order valence-corrected chi connectivity index (χ0v) is 14.2. The van der Waals surface area contributed by atoms with Gasteiger partial charge in [0.05, 0.1) is 6.61 Å². The first-order valence-corrected chi connectivity index (χ1v) is 7.83.